The number of carbonyl (C=O) groups excluding carboxylic acids is 1. The van der Waals surface area contributed by atoms with Crippen LogP contribution >= 0.6 is 0 Å². The van der Waals surface area contributed by atoms with Crippen LogP contribution in [0.1, 0.15) is 40.5 Å². The summed E-state index contributed by atoms with van der Waals surface area (Å²) in [5.41, 5.74) is 6.75. The summed E-state index contributed by atoms with van der Waals surface area (Å²) in [5, 5.41) is 3.40. The number of aromatic amines is 1. The van der Waals surface area contributed by atoms with Gasteiger partial charge in [-0.2, -0.15) is 0 Å². The first-order valence-corrected chi connectivity index (χ1v) is 9.94. The third-order valence-electron chi connectivity index (χ3n) is 4.95. The smallest absolute Gasteiger partial charge is 0.205 e. The molecule has 0 saturated carbocycles. The Hall–Kier alpha value is -3.67. The van der Waals surface area contributed by atoms with E-state index in [1.165, 1.54) is 16.7 Å². The molecular formula is C24H24N4O2. The number of carbonyl (C=O) groups is 1. The van der Waals surface area contributed by atoms with Crippen LogP contribution in [0.4, 0.5) is 11.6 Å². The molecule has 4 rings (SSSR count). The topological polar surface area (TPSA) is 79.9 Å². The maximum atomic E-state index is 11.9. The number of anilines is 2. The molecule has 0 bridgehead atoms. The van der Waals surface area contributed by atoms with E-state index in [4.69, 9.17) is 4.74 Å². The quantitative estimate of drug-likeness (QED) is 0.387. The number of nitrogens with one attached hydrogen (secondary N) is 2. The number of ketones is 1. The Morgan fingerprint density at radius 3 is 2.50 bits per heavy atom. The summed E-state index contributed by atoms with van der Waals surface area (Å²) in [6, 6.07) is 13.4. The van der Waals surface area contributed by atoms with Crippen molar-refractivity contribution < 1.29 is 9.53 Å². The van der Waals surface area contributed by atoms with Gasteiger partial charge in [-0.1, -0.05) is 24.6 Å². The molecule has 0 fully saturated rings. The molecule has 2 N–H and O–H groups in total. The van der Waals surface area contributed by atoms with Gasteiger partial charge in [0, 0.05) is 30.4 Å². The maximum Gasteiger partial charge on any atom is 0.205 e. The number of benzene rings is 2. The highest BCUT2D eigenvalue weighted by molar-refractivity contribution is 5.94. The second-order valence-corrected chi connectivity index (χ2v) is 7.42. The molecule has 0 unspecified atom stereocenters. The van der Waals surface area contributed by atoms with E-state index < -0.39 is 0 Å². The number of pyridine rings is 1. The predicted octanol–water partition coefficient (Wildman–Crippen LogP) is 6.01. The fraction of sp³-hybridized carbons (Fsp3) is 0.208. The van der Waals surface area contributed by atoms with Gasteiger partial charge in [-0.05, 0) is 50.1 Å². The average Bonchev–Trinajstić information content (AvgIpc) is 3.12. The lowest BCUT2D eigenvalue weighted by Crippen LogP contribution is -2.00. The van der Waals surface area contributed by atoms with Crippen LogP contribution in [0.25, 0.3) is 11.0 Å². The lowest BCUT2D eigenvalue weighted by atomic mass is 10.1. The molecule has 0 saturated heterocycles. The number of Topliss-reactive ketones (excluding diaryl/α,β-unsaturated/α-hetero) is 1. The third-order valence-corrected chi connectivity index (χ3v) is 4.95. The Balaban J connectivity index is 1.58. The summed E-state index contributed by atoms with van der Waals surface area (Å²) >= 11 is 0. The van der Waals surface area contributed by atoms with Gasteiger partial charge in [-0.25, -0.2) is 4.98 Å². The van der Waals surface area contributed by atoms with Crippen LogP contribution in [0, 0.1) is 20.8 Å². The minimum absolute atomic E-state index is 0.0121. The molecule has 2 aromatic heterocycles. The van der Waals surface area contributed by atoms with Gasteiger partial charge in [0.15, 0.2) is 5.78 Å². The zero-order valence-electron chi connectivity index (χ0n) is 17.5. The molecule has 30 heavy (non-hydrogen) atoms. The second-order valence-electron chi connectivity index (χ2n) is 7.42. The molecule has 152 valence electrons. The molecule has 0 atom stereocenters. The number of imidazole rings is 1. The Bertz CT molecular complexity index is 1220. The van der Waals surface area contributed by atoms with Crippen LogP contribution in [-0.2, 0) is 0 Å². The predicted molar refractivity (Wildman–Crippen MR) is 119 cm³/mol. The number of nitrogens with zero attached hydrogens (tertiary/aromatic N) is 2. The van der Waals surface area contributed by atoms with Crippen LogP contribution in [0.5, 0.6) is 11.5 Å². The van der Waals surface area contributed by atoms with E-state index in [9.17, 15) is 4.79 Å². The highest BCUT2D eigenvalue weighted by atomic mass is 16.5. The molecule has 6 heteroatoms. The fourth-order valence-corrected chi connectivity index (χ4v) is 3.55. The molecule has 0 aliphatic heterocycles. The van der Waals surface area contributed by atoms with Gasteiger partial charge in [0.05, 0.1) is 11.0 Å². The number of ether oxygens (including phenoxy) is 1. The van der Waals surface area contributed by atoms with Crippen LogP contribution in [0.3, 0.4) is 0 Å². The summed E-state index contributed by atoms with van der Waals surface area (Å²) in [6.45, 7) is 8.08. The number of hydrogen-bond donors (Lipinski definition) is 2. The molecule has 0 amide bonds. The van der Waals surface area contributed by atoms with Crippen molar-refractivity contribution in [1.29, 1.82) is 0 Å². The lowest BCUT2D eigenvalue weighted by molar-refractivity contribution is 0.0983. The SMILES string of the molecule is CCC(=O)c1cc(Oc2ccc3nc(Nc4c(C)cc(C)cc4C)[nH]c3c2)ccn1. The number of aromatic nitrogens is 3. The maximum absolute atomic E-state index is 11.9. The first-order valence-electron chi connectivity index (χ1n) is 9.94. The lowest BCUT2D eigenvalue weighted by Gasteiger charge is -2.11. The van der Waals surface area contributed by atoms with Gasteiger partial charge in [0.1, 0.15) is 17.2 Å². The summed E-state index contributed by atoms with van der Waals surface area (Å²) < 4.78 is 5.94. The Labute approximate surface area is 175 Å². The number of rotatable bonds is 6. The minimum Gasteiger partial charge on any atom is -0.457 e. The first kappa shape index (κ1) is 19.6. The van der Waals surface area contributed by atoms with Gasteiger partial charge in [-0.15, -0.1) is 0 Å². The molecule has 0 spiro atoms. The molecule has 4 aromatic rings. The third kappa shape index (κ3) is 4.03. The van der Waals surface area contributed by atoms with E-state index in [0.29, 0.717) is 29.6 Å². The van der Waals surface area contributed by atoms with E-state index in [1.54, 1.807) is 18.3 Å². The van der Waals surface area contributed by atoms with Gasteiger partial charge >= 0.3 is 0 Å². The molecular weight excluding hydrogens is 376 g/mol. The zero-order chi connectivity index (χ0) is 21.3. The fourth-order valence-electron chi connectivity index (χ4n) is 3.55. The zero-order valence-corrected chi connectivity index (χ0v) is 17.5. The Morgan fingerprint density at radius 1 is 1.03 bits per heavy atom. The van der Waals surface area contributed by atoms with Crippen LogP contribution in [0.2, 0.25) is 0 Å². The van der Waals surface area contributed by atoms with E-state index in [2.05, 4.69) is 53.2 Å². The van der Waals surface area contributed by atoms with Crippen LogP contribution in [-0.4, -0.2) is 20.7 Å². The summed E-state index contributed by atoms with van der Waals surface area (Å²) in [7, 11) is 0. The van der Waals surface area contributed by atoms with Crippen LogP contribution in [0.15, 0.2) is 48.7 Å². The Morgan fingerprint density at radius 2 is 1.77 bits per heavy atom. The van der Waals surface area contributed by atoms with Gasteiger partial charge in [0.25, 0.3) is 0 Å². The summed E-state index contributed by atoms with van der Waals surface area (Å²) in [5.74, 6) is 1.89. The number of H-pyrrole nitrogens is 1. The Kier molecular flexibility index (Phi) is 5.23. The monoisotopic (exact) mass is 400 g/mol. The van der Waals surface area contributed by atoms with Gasteiger partial charge in [0.2, 0.25) is 5.95 Å². The normalized spacial score (nSPS) is 10.9. The van der Waals surface area contributed by atoms with E-state index in [1.807, 2.05) is 25.1 Å². The summed E-state index contributed by atoms with van der Waals surface area (Å²) in [4.78, 5) is 23.9. The average molecular weight is 400 g/mol. The molecule has 0 aliphatic carbocycles. The van der Waals surface area contributed by atoms with Crippen molar-refractivity contribution >= 4 is 28.5 Å². The highest BCUT2D eigenvalue weighted by Gasteiger charge is 2.10. The van der Waals surface area contributed by atoms with Gasteiger partial charge < -0.3 is 15.0 Å². The molecule has 2 heterocycles. The first-order chi connectivity index (χ1) is 14.4. The van der Waals surface area contributed by atoms with Crippen molar-refractivity contribution in [3.05, 3.63) is 71.0 Å². The minimum atomic E-state index is -0.0121. The van der Waals surface area contributed by atoms with E-state index in [0.717, 1.165) is 16.7 Å². The van der Waals surface area contributed by atoms with Crippen molar-refractivity contribution in [3.8, 4) is 11.5 Å². The van der Waals surface area contributed by atoms with Crippen molar-refractivity contribution in [2.24, 2.45) is 0 Å². The highest BCUT2D eigenvalue weighted by Crippen LogP contribution is 2.28. The molecule has 2 aromatic carbocycles. The summed E-state index contributed by atoms with van der Waals surface area (Å²) in [6.07, 6.45) is 1.99. The second kappa shape index (κ2) is 7.99. The number of aryl methyl sites for hydroxylation is 3. The van der Waals surface area contributed by atoms with Crippen molar-refractivity contribution in [3.63, 3.8) is 0 Å². The molecule has 0 aliphatic rings. The van der Waals surface area contributed by atoms with E-state index in [-0.39, 0.29) is 5.78 Å². The van der Waals surface area contributed by atoms with E-state index >= 15 is 0 Å². The van der Waals surface area contributed by atoms with Crippen LogP contribution < -0.4 is 10.1 Å². The van der Waals surface area contributed by atoms with Crippen molar-refractivity contribution in [2.45, 2.75) is 34.1 Å². The van der Waals surface area contributed by atoms with Gasteiger partial charge in [-0.3, -0.25) is 9.78 Å². The van der Waals surface area contributed by atoms with Crippen molar-refractivity contribution in [1.82, 2.24) is 15.0 Å². The standard InChI is InChI=1S/C24H24N4O2/c1-5-22(29)21-13-18(8-9-25-21)30-17-6-7-19-20(12-17)27-24(26-19)28-23-15(3)10-14(2)11-16(23)4/h6-13H,5H2,1-4H3,(H2,26,27,28). The largest absolute Gasteiger partial charge is 0.457 e. The molecule has 6 nitrogen and oxygen atoms in total. The molecule has 0 radical (unpaired) electrons. The number of fused-ring (bicyclic) bond motifs is 1. The van der Waals surface area contributed by atoms with Crippen molar-refractivity contribution in [2.75, 3.05) is 5.32 Å². The number of hydrogen-bond acceptors (Lipinski definition) is 5.